The SMILES string of the molecule is CC(C)(C)C(C)(C)C1CCCCCCCCCC1. The van der Waals surface area contributed by atoms with Crippen molar-refractivity contribution in [2.24, 2.45) is 16.7 Å². The van der Waals surface area contributed by atoms with E-state index in [1.807, 2.05) is 0 Å². The van der Waals surface area contributed by atoms with Gasteiger partial charge in [-0.2, -0.15) is 0 Å². The second-order valence-corrected chi connectivity index (χ2v) is 8.07. The van der Waals surface area contributed by atoms with Crippen molar-refractivity contribution in [3.8, 4) is 0 Å². The monoisotopic (exact) mass is 252 g/mol. The molecule has 0 saturated heterocycles. The van der Waals surface area contributed by atoms with Crippen molar-refractivity contribution >= 4 is 0 Å². The number of rotatable bonds is 1. The standard InChI is InChI=1S/C18H36/c1-17(2,3)18(4,5)16-14-12-10-8-6-7-9-11-13-15-16/h16H,6-15H2,1-5H3. The molecule has 1 aliphatic carbocycles. The van der Waals surface area contributed by atoms with E-state index < -0.39 is 0 Å². The first-order valence-corrected chi connectivity index (χ1v) is 8.36. The molecule has 0 spiro atoms. The van der Waals surface area contributed by atoms with Crippen molar-refractivity contribution in [1.82, 2.24) is 0 Å². The van der Waals surface area contributed by atoms with E-state index in [1.165, 1.54) is 64.2 Å². The molecule has 0 amide bonds. The van der Waals surface area contributed by atoms with Crippen LogP contribution in [0.5, 0.6) is 0 Å². The van der Waals surface area contributed by atoms with Crippen LogP contribution in [0.1, 0.15) is 98.8 Å². The summed E-state index contributed by atoms with van der Waals surface area (Å²) in [4.78, 5) is 0. The molecule has 0 unspecified atom stereocenters. The van der Waals surface area contributed by atoms with E-state index in [0.29, 0.717) is 10.8 Å². The highest BCUT2D eigenvalue weighted by Crippen LogP contribution is 2.48. The Balaban J connectivity index is 2.63. The van der Waals surface area contributed by atoms with Gasteiger partial charge in [-0.3, -0.25) is 0 Å². The van der Waals surface area contributed by atoms with Crippen LogP contribution in [0.2, 0.25) is 0 Å². The zero-order valence-corrected chi connectivity index (χ0v) is 13.6. The van der Waals surface area contributed by atoms with E-state index >= 15 is 0 Å². The molecule has 0 aliphatic heterocycles. The summed E-state index contributed by atoms with van der Waals surface area (Å²) in [7, 11) is 0. The molecule has 0 aromatic heterocycles. The summed E-state index contributed by atoms with van der Waals surface area (Å²) in [5.41, 5.74) is 0.902. The van der Waals surface area contributed by atoms with E-state index in [0.717, 1.165) is 5.92 Å². The molecule has 108 valence electrons. The maximum Gasteiger partial charge on any atom is -0.0277 e. The molecule has 0 heterocycles. The zero-order chi connectivity index (χ0) is 13.6. The first kappa shape index (κ1) is 16.1. The normalized spacial score (nSPS) is 22.5. The van der Waals surface area contributed by atoms with Crippen LogP contribution >= 0.6 is 0 Å². The van der Waals surface area contributed by atoms with Crippen LogP contribution in [0, 0.1) is 16.7 Å². The van der Waals surface area contributed by atoms with Crippen molar-refractivity contribution in [2.75, 3.05) is 0 Å². The molecule has 0 aromatic carbocycles. The molecule has 0 atom stereocenters. The second-order valence-electron chi connectivity index (χ2n) is 8.07. The maximum absolute atomic E-state index is 2.51. The lowest BCUT2D eigenvalue weighted by atomic mass is 9.60. The molecule has 0 aromatic rings. The van der Waals surface area contributed by atoms with Gasteiger partial charge in [0.05, 0.1) is 0 Å². The summed E-state index contributed by atoms with van der Waals surface area (Å²) < 4.78 is 0. The Kier molecular flexibility index (Phi) is 6.21. The first-order valence-electron chi connectivity index (χ1n) is 8.36. The van der Waals surface area contributed by atoms with Crippen molar-refractivity contribution in [3.63, 3.8) is 0 Å². The van der Waals surface area contributed by atoms with Crippen molar-refractivity contribution in [1.29, 1.82) is 0 Å². The van der Waals surface area contributed by atoms with Gasteiger partial charge in [0, 0.05) is 0 Å². The fourth-order valence-corrected chi connectivity index (χ4v) is 3.32. The summed E-state index contributed by atoms with van der Waals surface area (Å²) in [6.07, 6.45) is 14.7. The highest BCUT2D eigenvalue weighted by atomic mass is 14.4. The zero-order valence-electron chi connectivity index (χ0n) is 13.6. The molecule has 1 fully saturated rings. The molecular weight excluding hydrogens is 216 g/mol. The molecule has 0 nitrogen and oxygen atoms in total. The van der Waals surface area contributed by atoms with Gasteiger partial charge in [0.15, 0.2) is 0 Å². The molecule has 0 N–H and O–H groups in total. The Morgan fingerprint density at radius 3 is 1.22 bits per heavy atom. The van der Waals surface area contributed by atoms with Gasteiger partial charge in [0.25, 0.3) is 0 Å². The molecule has 0 radical (unpaired) electrons. The van der Waals surface area contributed by atoms with Crippen LogP contribution in [0.4, 0.5) is 0 Å². The lowest BCUT2D eigenvalue weighted by Crippen LogP contribution is -2.37. The molecule has 1 rings (SSSR count). The quantitative estimate of drug-likeness (QED) is 0.494. The molecule has 18 heavy (non-hydrogen) atoms. The maximum atomic E-state index is 2.51. The minimum atomic E-state index is 0.428. The van der Waals surface area contributed by atoms with Crippen LogP contribution in [0.25, 0.3) is 0 Å². The summed E-state index contributed by atoms with van der Waals surface area (Å²) in [5.74, 6) is 0.926. The van der Waals surface area contributed by atoms with Gasteiger partial charge in [-0.1, -0.05) is 86.0 Å². The molecular formula is C18H36. The fourth-order valence-electron chi connectivity index (χ4n) is 3.32. The van der Waals surface area contributed by atoms with Crippen LogP contribution in [0.15, 0.2) is 0 Å². The van der Waals surface area contributed by atoms with Crippen molar-refractivity contribution in [3.05, 3.63) is 0 Å². The van der Waals surface area contributed by atoms with Gasteiger partial charge >= 0.3 is 0 Å². The summed E-state index contributed by atoms with van der Waals surface area (Å²) in [6, 6.07) is 0. The van der Waals surface area contributed by atoms with Crippen LogP contribution in [-0.4, -0.2) is 0 Å². The fraction of sp³-hybridized carbons (Fsp3) is 1.00. The van der Waals surface area contributed by atoms with Crippen molar-refractivity contribution < 1.29 is 0 Å². The average molecular weight is 252 g/mol. The van der Waals surface area contributed by atoms with Gasteiger partial charge in [-0.05, 0) is 29.6 Å². The highest BCUT2D eigenvalue weighted by Gasteiger charge is 2.38. The van der Waals surface area contributed by atoms with Crippen molar-refractivity contribution in [2.45, 2.75) is 98.8 Å². The smallest absolute Gasteiger partial charge is 0.0277 e. The Hall–Kier alpha value is 0. The van der Waals surface area contributed by atoms with Gasteiger partial charge in [-0.15, -0.1) is 0 Å². The second kappa shape index (κ2) is 6.96. The Morgan fingerprint density at radius 2 is 0.889 bits per heavy atom. The Bertz CT molecular complexity index is 207. The summed E-state index contributed by atoms with van der Waals surface area (Å²) in [5, 5.41) is 0. The van der Waals surface area contributed by atoms with Crippen LogP contribution in [0.3, 0.4) is 0 Å². The third kappa shape index (κ3) is 4.59. The van der Waals surface area contributed by atoms with Gasteiger partial charge in [-0.25, -0.2) is 0 Å². The largest absolute Gasteiger partial charge is 0.0597 e. The third-order valence-electron chi connectivity index (χ3n) is 5.81. The Morgan fingerprint density at radius 1 is 0.556 bits per heavy atom. The van der Waals surface area contributed by atoms with Gasteiger partial charge in [0.1, 0.15) is 0 Å². The lowest BCUT2D eigenvalue weighted by Gasteiger charge is -2.45. The molecule has 0 heteroatoms. The molecule has 1 saturated carbocycles. The average Bonchev–Trinajstić information content (AvgIpc) is 2.31. The minimum Gasteiger partial charge on any atom is -0.0597 e. The first-order chi connectivity index (χ1) is 8.36. The summed E-state index contributed by atoms with van der Waals surface area (Å²) in [6.45, 7) is 12.3. The molecule has 1 aliphatic rings. The highest BCUT2D eigenvalue weighted by molar-refractivity contribution is 4.88. The van der Waals surface area contributed by atoms with E-state index in [-0.39, 0.29) is 0 Å². The van der Waals surface area contributed by atoms with E-state index in [1.54, 1.807) is 0 Å². The topological polar surface area (TPSA) is 0 Å². The van der Waals surface area contributed by atoms with E-state index in [4.69, 9.17) is 0 Å². The van der Waals surface area contributed by atoms with E-state index in [2.05, 4.69) is 34.6 Å². The van der Waals surface area contributed by atoms with Crippen LogP contribution in [-0.2, 0) is 0 Å². The van der Waals surface area contributed by atoms with E-state index in [9.17, 15) is 0 Å². The Labute approximate surface area is 116 Å². The van der Waals surface area contributed by atoms with Gasteiger partial charge in [0.2, 0.25) is 0 Å². The predicted molar refractivity (Wildman–Crippen MR) is 82.9 cm³/mol. The minimum absolute atomic E-state index is 0.428. The predicted octanol–water partition coefficient (Wildman–Crippen LogP) is 6.59. The third-order valence-corrected chi connectivity index (χ3v) is 5.81. The number of hydrogen-bond donors (Lipinski definition) is 0. The lowest BCUT2D eigenvalue weighted by molar-refractivity contribution is 0.0413. The van der Waals surface area contributed by atoms with Gasteiger partial charge < -0.3 is 0 Å². The molecule has 0 bridgehead atoms. The van der Waals surface area contributed by atoms with Crippen LogP contribution < -0.4 is 0 Å². The number of hydrogen-bond acceptors (Lipinski definition) is 0. The summed E-state index contributed by atoms with van der Waals surface area (Å²) >= 11 is 0.